The predicted molar refractivity (Wildman–Crippen MR) is 86.7 cm³/mol. The van der Waals surface area contributed by atoms with Crippen LogP contribution in [0.1, 0.15) is 40.7 Å². The van der Waals surface area contributed by atoms with E-state index in [-0.39, 0.29) is 29.3 Å². The number of aromatic hydroxyl groups is 1. The molecule has 4 nitrogen and oxygen atoms in total. The summed E-state index contributed by atoms with van der Waals surface area (Å²) in [6, 6.07) is 7.89. The Morgan fingerprint density at radius 1 is 1.26 bits per heavy atom. The zero-order valence-electron chi connectivity index (χ0n) is 12.1. The molecule has 3 rings (SSSR count). The molecule has 2 aromatic rings. The van der Waals surface area contributed by atoms with Crippen LogP contribution in [-0.4, -0.2) is 16.9 Å². The fraction of sp³-hybridized carbons (Fsp3) is 0.176. The highest BCUT2D eigenvalue weighted by atomic mass is 35.5. The van der Waals surface area contributed by atoms with Crippen LogP contribution in [0.15, 0.2) is 30.3 Å². The van der Waals surface area contributed by atoms with Crippen LogP contribution in [0.5, 0.6) is 11.5 Å². The van der Waals surface area contributed by atoms with E-state index in [1.165, 1.54) is 19.1 Å². The largest absolute Gasteiger partial charge is 0.507 e. The van der Waals surface area contributed by atoms with Crippen molar-refractivity contribution in [1.29, 1.82) is 0 Å². The first kappa shape index (κ1) is 15.8. The standard InChI is InChI=1S/C17H12Cl2O4/c1-8(20)10-4-5-14-16(17(10)22)12(7-15(21)23-14)11-3-2-9(18)6-13(11)19/h2-6,12,22H,7H2,1H3/t12-/m0/s1. The molecule has 0 amide bonds. The molecule has 1 N–H and O–H groups in total. The van der Waals surface area contributed by atoms with Crippen molar-refractivity contribution in [3.05, 3.63) is 57.1 Å². The maximum absolute atomic E-state index is 11.9. The molecule has 6 heteroatoms. The zero-order chi connectivity index (χ0) is 16.7. The molecule has 1 heterocycles. The molecule has 118 valence electrons. The topological polar surface area (TPSA) is 63.6 Å². The zero-order valence-corrected chi connectivity index (χ0v) is 13.6. The molecule has 0 aromatic heterocycles. The number of carbonyl (C=O) groups is 2. The van der Waals surface area contributed by atoms with E-state index < -0.39 is 11.9 Å². The molecule has 0 saturated carbocycles. The maximum Gasteiger partial charge on any atom is 0.312 e. The molecule has 1 atom stereocenters. The highest BCUT2D eigenvalue weighted by Crippen LogP contribution is 2.47. The second kappa shape index (κ2) is 5.87. The molecular weight excluding hydrogens is 339 g/mol. The Balaban J connectivity index is 2.23. The Bertz CT molecular complexity index is 830. The summed E-state index contributed by atoms with van der Waals surface area (Å²) in [6.07, 6.45) is 0.0171. The number of esters is 1. The molecule has 0 unspecified atom stereocenters. The van der Waals surface area contributed by atoms with Gasteiger partial charge in [-0.05, 0) is 36.8 Å². The summed E-state index contributed by atoms with van der Waals surface area (Å²) in [6.45, 7) is 1.36. The number of ether oxygens (including phenoxy) is 1. The van der Waals surface area contributed by atoms with Gasteiger partial charge in [0.2, 0.25) is 0 Å². The second-order valence-electron chi connectivity index (χ2n) is 5.33. The Hall–Kier alpha value is -2.04. The minimum absolute atomic E-state index is 0.0171. The van der Waals surface area contributed by atoms with Crippen LogP contribution in [0, 0.1) is 0 Å². The Labute approximate surface area is 142 Å². The van der Waals surface area contributed by atoms with Crippen molar-refractivity contribution in [2.24, 2.45) is 0 Å². The highest BCUT2D eigenvalue weighted by molar-refractivity contribution is 6.35. The molecule has 0 spiro atoms. The van der Waals surface area contributed by atoms with Crippen molar-refractivity contribution in [3.8, 4) is 11.5 Å². The van der Waals surface area contributed by atoms with Crippen molar-refractivity contribution < 1.29 is 19.4 Å². The van der Waals surface area contributed by atoms with Crippen molar-refractivity contribution in [2.45, 2.75) is 19.3 Å². The maximum atomic E-state index is 11.9. The number of hydrogen-bond acceptors (Lipinski definition) is 4. The molecule has 23 heavy (non-hydrogen) atoms. The van der Waals surface area contributed by atoms with Crippen molar-refractivity contribution in [2.75, 3.05) is 0 Å². The number of phenols is 1. The van der Waals surface area contributed by atoms with Crippen LogP contribution in [0.25, 0.3) is 0 Å². The lowest BCUT2D eigenvalue weighted by atomic mass is 9.84. The van der Waals surface area contributed by atoms with Gasteiger partial charge in [0, 0.05) is 21.5 Å². The molecule has 2 aromatic carbocycles. The summed E-state index contributed by atoms with van der Waals surface area (Å²) in [7, 11) is 0. The lowest BCUT2D eigenvalue weighted by Crippen LogP contribution is -2.22. The summed E-state index contributed by atoms with van der Waals surface area (Å²) in [5.74, 6) is -1.15. The van der Waals surface area contributed by atoms with Gasteiger partial charge in [0.25, 0.3) is 0 Å². The predicted octanol–water partition coefficient (Wildman–Crippen LogP) is 4.34. The quantitative estimate of drug-likeness (QED) is 0.497. The molecule has 0 saturated heterocycles. The lowest BCUT2D eigenvalue weighted by Gasteiger charge is -2.27. The summed E-state index contributed by atoms with van der Waals surface area (Å²) < 4.78 is 5.18. The van der Waals surface area contributed by atoms with Gasteiger partial charge in [-0.1, -0.05) is 29.3 Å². The Morgan fingerprint density at radius 3 is 2.65 bits per heavy atom. The average molecular weight is 351 g/mol. The monoisotopic (exact) mass is 350 g/mol. The van der Waals surface area contributed by atoms with Crippen molar-refractivity contribution in [3.63, 3.8) is 0 Å². The van der Waals surface area contributed by atoms with Crippen molar-refractivity contribution in [1.82, 2.24) is 0 Å². The third-order valence-corrected chi connectivity index (χ3v) is 4.40. The first-order valence-electron chi connectivity index (χ1n) is 6.91. The van der Waals surface area contributed by atoms with Gasteiger partial charge >= 0.3 is 5.97 Å². The molecule has 0 radical (unpaired) electrons. The lowest BCUT2D eigenvalue weighted by molar-refractivity contribution is -0.135. The molecule has 0 fully saturated rings. The molecule has 1 aliphatic rings. The minimum atomic E-state index is -0.504. The van der Waals surface area contributed by atoms with Gasteiger partial charge in [-0.2, -0.15) is 0 Å². The number of ketones is 1. The van der Waals surface area contributed by atoms with Gasteiger partial charge in [-0.25, -0.2) is 0 Å². The Morgan fingerprint density at radius 2 is 2.00 bits per heavy atom. The summed E-state index contributed by atoms with van der Waals surface area (Å²) in [5, 5.41) is 11.3. The number of benzene rings is 2. The number of halogens is 2. The second-order valence-corrected chi connectivity index (χ2v) is 6.17. The van der Waals surface area contributed by atoms with E-state index in [1.807, 2.05) is 0 Å². The van der Waals surface area contributed by atoms with Gasteiger partial charge < -0.3 is 9.84 Å². The van der Waals surface area contributed by atoms with Crippen LogP contribution >= 0.6 is 23.2 Å². The Kier molecular flexibility index (Phi) is 4.04. The van der Waals surface area contributed by atoms with Crippen LogP contribution in [-0.2, 0) is 4.79 Å². The van der Waals surface area contributed by atoms with Gasteiger partial charge in [0.1, 0.15) is 11.5 Å². The minimum Gasteiger partial charge on any atom is -0.507 e. The van der Waals surface area contributed by atoms with E-state index in [2.05, 4.69) is 0 Å². The molecule has 1 aliphatic heterocycles. The molecule has 0 aliphatic carbocycles. The third-order valence-electron chi connectivity index (χ3n) is 3.84. The number of carbonyl (C=O) groups excluding carboxylic acids is 2. The van der Waals surface area contributed by atoms with Gasteiger partial charge in [0.15, 0.2) is 5.78 Å². The number of phenolic OH excluding ortho intramolecular Hbond substituents is 1. The normalized spacial score (nSPS) is 16.7. The van der Waals surface area contributed by atoms with E-state index in [0.717, 1.165) is 0 Å². The van der Waals surface area contributed by atoms with Crippen LogP contribution < -0.4 is 4.74 Å². The van der Waals surface area contributed by atoms with Crippen molar-refractivity contribution >= 4 is 35.0 Å². The number of fused-ring (bicyclic) bond motifs is 1. The summed E-state index contributed by atoms with van der Waals surface area (Å²) >= 11 is 12.2. The summed E-state index contributed by atoms with van der Waals surface area (Å²) in [4.78, 5) is 23.5. The summed E-state index contributed by atoms with van der Waals surface area (Å²) in [5.41, 5.74) is 1.21. The van der Waals surface area contributed by atoms with E-state index in [0.29, 0.717) is 21.2 Å². The van der Waals surface area contributed by atoms with Crippen LogP contribution in [0.3, 0.4) is 0 Å². The molecule has 0 bridgehead atoms. The average Bonchev–Trinajstić information content (AvgIpc) is 2.46. The van der Waals surface area contributed by atoms with E-state index in [1.54, 1.807) is 18.2 Å². The van der Waals surface area contributed by atoms with Gasteiger partial charge in [-0.15, -0.1) is 0 Å². The molecular formula is C17H12Cl2O4. The highest BCUT2D eigenvalue weighted by Gasteiger charge is 2.33. The number of Topliss-reactive ketones (excluding diaryl/α,β-unsaturated/α-hetero) is 1. The first-order valence-corrected chi connectivity index (χ1v) is 7.66. The van der Waals surface area contributed by atoms with E-state index in [9.17, 15) is 14.7 Å². The van der Waals surface area contributed by atoms with Crippen LogP contribution in [0.2, 0.25) is 10.0 Å². The number of hydrogen-bond donors (Lipinski definition) is 1. The van der Waals surface area contributed by atoms with Crippen LogP contribution in [0.4, 0.5) is 0 Å². The third kappa shape index (κ3) is 2.80. The van der Waals surface area contributed by atoms with E-state index in [4.69, 9.17) is 27.9 Å². The number of rotatable bonds is 2. The SMILES string of the molecule is CC(=O)c1ccc2c(c1O)[C@H](c1ccc(Cl)cc1Cl)CC(=O)O2. The fourth-order valence-corrected chi connectivity index (χ4v) is 3.32. The smallest absolute Gasteiger partial charge is 0.312 e. The van der Waals surface area contributed by atoms with E-state index >= 15 is 0 Å². The fourth-order valence-electron chi connectivity index (χ4n) is 2.78. The first-order chi connectivity index (χ1) is 10.9. The van der Waals surface area contributed by atoms with Gasteiger partial charge in [0.05, 0.1) is 12.0 Å². The van der Waals surface area contributed by atoms with Gasteiger partial charge in [-0.3, -0.25) is 9.59 Å².